The molecule has 0 saturated carbocycles. The summed E-state index contributed by atoms with van der Waals surface area (Å²) in [5.41, 5.74) is 5.90. The van der Waals surface area contributed by atoms with Crippen molar-refractivity contribution < 1.29 is 8.78 Å². The fourth-order valence-corrected chi connectivity index (χ4v) is 6.64. The Balaban J connectivity index is 0.000000150. The molecule has 1 N–H and O–H groups in total. The molecule has 6 aromatic heterocycles. The highest BCUT2D eigenvalue weighted by molar-refractivity contribution is 9.11. The highest BCUT2D eigenvalue weighted by Gasteiger charge is 2.14. The molecule has 0 saturated heterocycles. The van der Waals surface area contributed by atoms with Crippen molar-refractivity contribution in [2.24, 2.45) is 28.2 Å². The average molecular weight is 869 g/mol. The summed E-state index contributed by atoms with van der Waals surface area (Å²) in [5, 5.41) is 8.47. The molecule has 12 nitrogen and oxygen atoms in total. The third-order valence-electron chi connectivity index (χ3n) is 8.21. The molecule has 0 radical (unpaired) electrons. The molecule has 0 amide bonds. The molecule has 8 aromatic rings. The van der Waals surface area contributed by atoms with Gasteiger partial charge in [-0.05, 0) is 56.1 Å². The van der Waals surface area contributed by atoms with Crippen LogP contribution in [0.15, 0.2) is 105 Å². The Hall–Kier alpha value is -5.19. The third-order valence-corrected chi connectivity index (χ3v) is 9.69. The molecule has 0 aliphatic rings. The van der Waals surface area contributed by atoms with Crippen LogP contribution in [0.2, 0.25) is 0 Å². The van der Waals surface area contributed by atoms with Crippen molar-refractivity contribution >= 4 is 65.5 Å². The van der Waals surface area contributed by atoms with Crippen LogP contribution in [0.25, 0.3) is 44.6 Å². The number of hydrogen-bond acceptors (Lipinski definition) is 6. The van der Waals surface area contributed by atoms with Gasteiger partial charge < -0.3 is 18.7 Å². The van der Waals surface area contributed by atoms with Crippen molar-refractivity contribution in [1.82, 2.24) is 48.2 Å². The quantitative estimate of drug-likeness (QED) is 0.185. The van der Waals surface area contributed by atoms with E-state index in [1.54, 1.807) is 76.0 Å². The number of pyridine rings is 2. The first-order chi connectivity index (χ1) is 25.3. The van der Waals surface area contributed by atoms with Crippen molar-refractivity contribution in [3.05, 3.63) is 138 Å². The molecule has 17 heteroatoms. The van der Waals surface area contributed by atoms with Crippen molar-refractivity contribution in [1.29, 1.82) is 0 Å². The van der Waals surface area contributed by atoms with Gasteiger partial charge in [-0.3, -0.25) is 19.0 Å². The molecule has 0 spiro atoms. The predicted molar refractivity (Wildman–Crippen MR) is 208 cm³/mol. The van der Waals surface area contributed by atoms with Crippen LogP contribution in [-0.4, -0.2) is 48.2 Å². The van der Waals surface area contributed by atoms with Crippen LogP contribution in [0.4, 0.5) is 8.78 Å². The van der Waals surface area contributed by atoms with Crippen LogP contribution < -0.4 is 11.1 Å². The monoisotopic (exact) mass is 866 g/mol. The number of aryl methyl sites for hydroxylation is 4. The number of halogens is 5. The van der Waals surface area contributed by atoms with Gasteiger partial charge in [0.2, 0.25) is 0 Å². The van der Waals surface area contributed by atoms with Gasteiger partial charge in [-0.15, -0.1) is 11.6 Å². The molecule has 53 heavy (non-hydrogen) atoms. The average Bonchev–Trinajstić information content (AvgIpc) is 3.95. The number of benzene rings is 2. The Bertz CT molecular complexity index is 2710. The van der Waals surface area contributed by atoms with E-state index >= 15 is 0 Å². The van der Waals surface area contributed by atoms with E-state index in [-0.39, 0.29) is 35.2 Å². The molecule has 2 aromatic carbocycles. The fraction of sp³-hybridized carbons (Fsp3) is 0.167. The van der Waals surface area contributed by atoms with Crippen molar-refractivity contribution in [3.63, 3.8) is 0 Å². The number of aromatic amines is 1. The standard InChI is InChI=1S/C18H15BrFN5O.C11H10ClFN2.C7H6BrN3O/c1-23-10-21-16-13(19)9-25(18(26)17(16)23)8-12-4-3-11(7-14(12)20)15-5-6-24(2)22-15;1-15-5-4-11(14-15)8-2-3-9(7-12)10(13)6-8;1-11-3-10-5-4(8)2-9-7(12)6(5)11/h3-7,9-10H,8H2,1-2H3;2-6H,7H2,1H3;2-3H,1H3,(H,9,12). The minimum absolute atomic E-state index is 0.117. The number of H-pyrrole nitrogens is 1. The number of aromatic nitrogens is 10. The summed E-state index contributed by atoms with van der Waals surface area (Å²) in [5.74, 6) is -0.469. The van der Waals surface area contributed by atoms with Gasteiger partial charge in [0.05, 0.1) is 45.4 Å². The maximum atomic E-state index is 14.6. The van der Waals surface area contributed by atoms with E-state index in [4.69, 9.17) is 11.6 Å². The lowest BCUT2D eigenvalue weighted by atomic mass is 10.1. The van der Waals surface area contributed by atoms with E-state index in [9.17, 15) is 18.4 Å². The summed E-state index contributed by atoms with van der Waals surface area (Å²) in [6.45, 7) is 0.132. The number of fused-ring (bicyclic) bond motifs is 2. The first kappa shape index (κ1) is 37.6. The number of nitrogens with one attached hydrogen (secondary N) is 1. The molecule has 0 aliphatic heterocycles. The highest BCUT2D eigenvalue weighted by Crippen LogP contribution is 2.24. The van der Waals surface area contributed by atoms with E-state index in [1.165, 1.54) is 16.7 Å². The lowest BCUT2D eigenvalue weighted by Crippen LogP contribution is -2.22. The highest BCUT2D eigenvalue weighted by atomic mass is 79.9. The summed E-state index contributed by atoms with van der Waals surface area (Å²) < 4.78 is 37.7. The van der Waals surface area contributed by atoms with Gasteiger partial charge in [-0.25, -0.2) is 18.7 Å². The molecular weight excluding hydrogens is 838 g/mol. The number of hydrogen-bond donors (Lipinski definition) is 1. The summed E-state index contributed by atoms with van der Waals surface area (Å²) in [7, 11) is 7.19. The molecule has 0 unspecified atom stereocenters. The van der Waals surface area contributed by atoms with E-state index in [2.05, 4.69) is 57.0 Å². The second kappa shape index (κ2) is 15.8. The minimum atomic E-state index is -0.374. The number of nitrogens with zero attached hydrogens (tertiary/aromatic N) is 9. The number of rotatable bonds is 5. The molecule has 0 atom stereocenters. The van der Waals surface area contributed by atoms with Crippen molar-refractivity contribution in [2.45, 2.75) is 12.4 Å². The smallest absolute Gasteiger partial charge is 0.277 e. The topological polar surface area (TPSA) is 126 Å². The van der Waals surface area contributed by atoms with Gasteiger partial charge in [-0.2, -0.15) is 10.2 Å². The van der Waals surface area contributed by atoms with Crippen LogP contribution in [-0.2, 0) is 40.6 Å². The Kier molecular flexibility index (Phi) is 11.2. The van der Waals surface area contributed by atoms with E-state index in [0.717, 1.165) is 15.7 Å². The molecule has 0 aliphatic carbocycles. The van der Waals surface area contributed by atoms with Gasteiger partial charge in [0.1, 0.15) is 33.7 Å². The lowest BCUT2D eigenvalue weighted by Gasteiger charge is -2.10. The van der Waals surface area contributed by atoms with Crippen LogP contribution >= 0.6 is 43.5 Å². The SMILES string of the molecule is Cn1ccc(-c2ccc(CCl)c(F)c2)n1.Cn1ccc(-c2ccc(Cn3cc(Br)c4ncn(C)c4c3=O)c(F)c2)n1.Cn1cnc2c(Br)c[nH]c(=O)c21. The second-order valence-corrected chi connectivity index (χ2v) is 14.0. The third kappa shape index (κ3) is 8.09. The predicted octanol–water partition coefficient (Wildman–Crippen LogP) is 7.07. The molecule has 0 bridgehead atoms. The molecule has 0 fully saturated rings. The summed E-state index contributed by atoms with van der Waals surface area (Å²) in [6, 6.07) is 13.6. The normalized spacial score (nSPS) is 11.0. The Labute approximate surface area is 322 Å². The van der Waals surface area contributed by atoms with E-state index in [0.29, 0.717) is 48.9 Å². The van der Waals surface area contributed by atoms with Gasteiger partial charge in [0, 0.05) is 75.2 Å². The number of imidazole rings is 2. The first-order valence-corrected chi connectivity index (χ1v) is 18.0. The van der Waals surface area contributed by atoms with Crippen LogP contribution in [0.5, 0.6) is 0 Å². The zero-order chi connectivity index (χ0) is 38.0. The van der Waals surface area contributed by atoms with Crippen molar-refractivity contribution in [3.8, 4) is 22.5 Å². The maximum absolute atomic E-state index is 14.6. The Morgan fingerprint density at radius 2 is 1.26 bits per heavy atom. The largest absolute Gasteiger partial charge is 0.329 e. The van der Waals surface area contributed by atoms with Gasteiger partial charge in [0.15, 0.2) is 0 Å². The van der Waals surface area contributed by atoms with Crippen LogP contribution in [0.3, 0.4) is 0 Å². The Morgan fingerprint density at radius 3 is 1.75 bits per heavy atom. The van der Waals surface area contributed by atoms with E-state index < -0.39 is 0 Å². The second-order valence-electron chi connectivity index (χ2n) is 12.0. The van der Waals surface area contributed by atoms with Gasteiger partial charge >= 0.3 is 0 Å². The van der Waals surface area contributed by atoms with Crippen molar-refractivity contribution in [2.75, 3.05) is 0 Å². The fourth-order valence-electron chi connectivity index (χ4n) is 5.48. The zero-order valence-corrected chi connectivity index (χ0v) is 32.7. The lowest BCUT2D eigenvalue weighted by molar-refractivity contribution is 0.596. The Morgan fingerprint density at radius 1 is 0.736 bits per heavy atom. The van der Waals surface area contributed by atoms with Gasteiger partial charge in [0.25, 0.3) is 11.1 Å². The maximum Gasteiger partial charge on any atom is 0.277 e. The molecule has 8 rings (SSSR count). The first-order valence-electron chi connectivity index (χ1n) is 15.9. The molecular formula is C36H31Br2ClF2N10O2. The zero-order valence-electron chi connectivity index (χ0n) is 28.7. The van der Waals surface area contributed by atoms with Crippen LogP contribution in [0.1, 0.15) is 11.1 Å². The molecule has 6 heterocycles. The van der Waals surface area contributed by atoms with Crippen LogP contribution in [0, 0.1) is 11.6 Å². The molecule has 272 valence electrons. The number of alkyl halides is 1. The van der Waals surface area contributed by atoms with E-state index in [1.807, 2.05) is 44.6 Å². The van der Waals surface area contributed by atoms with Gasteiger partial charge in [-0.1, -0.05) is 24.3 Å². The summed E-state index contributed by atoms with van der Waals surface area (Å²) >= 11 is 12.3. The summed E-state index contributed by atoms with van der Waals surface area (Å²) in [4.78, 5) is 34.9. The minimum Gasteiger partial charge on any atom is -0.329 e. The summed E-state index contributed by atoms with van der Waals surface area (Å²) in [6.07, 6.45) is 10.1.